The number of hydrogen-bond donors (Lipinski definition) is 3. The lowest BCUT2D eigenvalue weighted by atomic mass is 10.0. The molecular weight excluding hydrogens is 435 g/mol. The first-order chi connectivity index (χ1) is 15.3. The summed E-state index contributed by atoms with van der Waals surface area (Å²) in [5.41, 5.74) is 0.121. The summed E-state index contributed by atoms with van der Waals surface area (Å²) in [6.07, 6.45) is -2.32. The Kier molecular flexibility index (Phi) is 8.38. The van der Waals surface area contributed by atoms with E-state index in [2.05, 4.69) is 4.99 Å². The lowest BCUT2D eigenvalue weighted by Crippen LogP contribution is -2.84. The third-order valence-electron chi connectivity index (χ3n) is 5.09. The first kappa shape index (κ1) is 26.1. The topological polar surface area (TPSA) is 99.3 Å². The summed E-state index contributed by atoms with van der Waals surface area (Å²) < 4.78 is 43.7. The van der Waals surface area contributed by atoms with Gasteiger partial charge in [0.05, 0.1) is 12.6 Å². The van der Waals surface area contributed by atoms with Gasteiger partial charge in [0, 0.05) is 12.0 Å². The van der Waals surface area contributed by atoms with E-state index >= 15 is 0 Å². The molecule has 6 nitrogen and oxygen atoms in total. The number of nitrogens with one attached hydrogen (secondary N) is 1. The molecule has 33 heavy (non-hydrogen) atoms. The van der Waals surface area contributed by atoms with Crippen LogP contribution in [0, 0.1) is 12.3 Å². The van der Waals surface area contributed by atoms with Crippen LogP contribution in [0.2, 0.25) is 0 Å². The molecule has 178 valence electrons. The largest absolute Gasteiger partial charge is 0.478 e. The van der Waals surface area contributed by atoms with Gasteiger partial charge in [-0.15, -0.1) is 0 Å². The van der Waals surface area contributed by atoms with Gasteiger partial charge in [0.15, 0.2) is 11.4 Å². The van der Waals surface area contributed by atoms with Crippen molar-refractivity contribution in [2.24, 2.45) is 4.99 Å². The third kappa shape index (κ3) is 7.42. The lowest BCUT2D eigenvalue weighted by molar-refractivity contribution is -0.508. The molecule has 0 unspecified atom stereocenters. The van der Waals surface area contributed by atoms with Crippen molar-refractivity contribution in [3.63, 3.8) is 0 Å². The Morgan fingerprint density at radius 1 is 1.15 bits per heavy atom. The molecule has 2 rings (SSSR count). The number of amidine groups is 2. The smallest absolute Gasteiger partial charge is 0.416 e. The number of ether oxygens (including phenoxy) is 1. The molecule has 0 aliphatic rings. The number of nitrogens with two attached hydrogens (primary N) is 1. The predicted octanol–water partition coefficient (Wildman–Crippen LogP) is 4.20. The Balaban J connectivity index is 1.98. The Hall–Kier alpha value is -3.20. The summed E-state index contributed by atoms with van der Waals surface area (Å²) >= 11 is 0. The minimum Gasteiger partial charge on any atom is -0.478 e. The minimum atomic E-state index is -4.42. The van der Waals surface area contributed by atoms with Gasteiger partial charge in [0.25, 0.3) is 0 Å². The zero-order valence-corrected chi connectivity index (χ0v) is 19.1. The van der Waals surface area contributed by atoms with Gasteiger partial charge in [0.1, 0.15) is 5.75 Å². The highest BCUT2D eigenvalue weighted by molar-refractivity contribution is 6.02. The Labute approximate surface area is 191 Å². The van der Waals surface area contributed by atoms with Gasteiger partial charge in [-0.2, -0.15) is 18.2 Å². The molecule has 0 aromatic heterocycles. The van der Waals surface area contributed by atoms with Gasteiger partial charge < -0.3 is 15.2 Å². The molecule has 0 aliphatic heterocycles. The minimum absolute atomic E-state index is 0.0878. The molecule has 0 fully saturated rings. The number of quaternary nitrogens is 1. The SMILES string of the molecule is C[NH2+]C(CCCc1ccc(OC(C)(C)C(=O)O)c(C)c1)=NC(=N)c1ccc(C(F)(F)F)cc1. The number of rotatable bonds is 8. The number of benzene rings is 2. The number of hydrogen-bond acceptors (Lipinski definition) is 3. The number of alkyl halides is 3. The second-order valence-electron chi connectivity index (χ2n) is 8.19. The van der Waals surface area contributed by atoms with Crippen molar-refractivity contribution in [2.45, 2.75) is 51.8 Å². The number of aliphatic carboxylic acids is 1. The van der Waals surface area contributed by atoms with Crippen LogP contribution >= 0.6 is 0 Å². The molecule has 0 amide bonds. The van der Waals surface area contributed by atoms with E-state index in [1.165, 1.54) is 26.0 Å². The van der Waals surface area contributed by atoms with Crippen molar-refractivity contribution in [1.29, 1.82) is 5.41 Å². The quantitative estimate of drug-likeness (QED) is 0.403. The third-order valence-corrected chi connectivity index (χ3v) is 5.09. The number of carboxylic acids is 1. The summed E-state index contributed by atoms with van der Waals surface area (Å²) in [7, 11) is 1.80. The molecule has 4 N–H and O–H groups in total. The van der Waals surface area contributed by atoms with Crippen LogP contribution in [0.25, 0.3) is 0 Å². The highest BCUT2D eigenvalue weighted by Gasteiger charge is 2.30. The van der Waals surface area contributed by atoms with E-state index < -0.39 is 23.3 Å². The fourth-order valence-electron chi connectivity index (χ4n) is 3.06. The summed E-state index contributed by atoms with van der Waals surface area (Å²) in [6.45, 7) is 4.84. The molecule has 0 spiro atoms. The molecule has 2 aromatic carbocycles. The van der Waals surface area contributed by atoms with Crippen LogP contribution in [0.4, 0.5) is 13.2 Å². The van der Waals surface area contributed by atoms with Crippen LogP contribution in [-0.2, 0) is 17.4 Å². The van der Waals surface area contributed by atoms with Crippen molar-refractivity contribution in [3.8, 4) is 5.75 Å². The molecule has 0 atom stereocenters. The van der Waals surface area contributed by atoms with Crippen molar-refractivity contribution >= 4 is 17.6 Å². The molecule has 0 aliphatic carbocycles. The molecule has 0 saturated heterocycles. The van der Waals surface area contributed by atoms with Crippen molar-refractivity contribution < 1.29 is 33.1 Å². The molecule has 0 saturated carbocycles. The van der Waals surface area contributed by atoms with Gasteiger partial charge >= 0.3 is 12.1 Å². The molecule has 0 bridgehead atoms. The van der Waals surface area contributed by atoms with Crippen LogP contribution in [0.3, 0.4) is 0 Å². The number of carbonyl (C=O) groups is 1. The first-order valence-corrected chi connectivity index (χ1v) is 10.5. The van der Waals surface area contributed by atoms with Gasteiger partial charge in [0.2, 0.25) is 5.84 Å². The standard InChI is InChI=1S/C24H28F3N3O3/c1-15-14-16(8-13-19(15)33-23(2,3)22(31)32)6-5-7-20(29-4)30-21(28)17-9-11-18(12-10-17)24(25,26)27/h8-14H,5-7H2,1-4H3,(H,31,32)(H2,28,29,30)/p+1. The van der Waals surface area contributed by atoms with Crippen LogP contribution < -0.4 is 10.1 Å². The van der Waals surface area contributed by atoms with Gasteiger partial charge in [-0.05, 0) is 62.9 Å². The highest BCUT2D eigenvalue weighted by Crippen LogP contribution is 2.29. The summed E-state index contributed by atoms with van der Waals surface area (Å²) in [5, 5.41) is 19.1. The van der Waals surface area contributed by atoms with Gasteiger partial charge in [-0.3, -0.25) is 5.41 Å². The summed E-state index contributed by atoms with van der Waals surface area (Å²) in [4.78, 5) is 15.5. The summed E-state index contributed by atoms with van der Waals surface area (Å²) in [6, 6.07) is 9.99. The summed E-state index contributed by atoms with van der Waals surface area (Å²) in [5.74, 6) is 0.0609. The Morgan fingerprint density at radius 2 is 1.79 bits per heavy atom. The number of aryl methyl sites for hydroxylation is 2. The molecule has 0 heterocycles. The second kappa shape index (κ2) is 10.6. The zero-order chi connectivity index (χ0) is 24.8. The second-order valence-corrected chi connectivity index (χ2v) is 8.19. The normalized spacial score (nSPS) is 12.5. The van der Waals surface area contributed by atoms with E-state index in [4.69, 9.17) is 10.1 Å². The van der Waals surface area contributed by atoms with E-state index in [1.54, 1.807) is 18.4 Å². The van der Waals surface area contributed by atoms with Crippen molar-refractivity contribution in [1.82, 2.24) is 0 Å². The van der Waals surface area contributed by atoms with Crippen LogP contribution in [-0.4, -0.2) is 35.4 Å². The van der Waals surface area contributed by atoms with Crippen LogP contribution in [0.5, 0.6) is 5.75 Å². The number of carboxylic acid groups (broad SMARTS) is 1. The van der Waals surface area contributed by atoms with E-state index in [0.717, 1.165) is 36.1 Å². The zero-order valence-electron chi connectivity index (χ0n) is 19.1. The maximum absolute atomic E-state index is 12.7. The number of halogens is 3. The Morgan fingerprint density at radius 3 is 2.30 bits per heavy atom. The van der Waals surface area contributed by atoms with Crippen molar-refractivity contribution in [2.75, 3.05) is 7.05 Å². The number of aliphatic imine (C=N–C) groups is 1. The van der Waals surface area contributed by atoms with Gasteiger partial charge in [-0.1, -0.05) is 24.3 Å². The fourth-order valence-corrected chi connectivity index (χ4v) is 3.06. The van der Waals surface area contributed by atoms with Crippen LogP contribution in [0.1, 0.15) is 48.9 Å². The first-order valence-electron chi connectivity index (χ1n) is 10.5. The van der Waals surface area contributed by atoms with E-state index in [0.29, 0.717) is 23.6 Å². The fraction of sp³-hybridized carbons (Fsp3) is 0.375. The average molecular weight is 465 g/mol. The molecule has 9 heteroatoms. The highest BCUT2D eigenvalue weighted by atomic mass is 19.4. The van der Waals surface area contributed by atoms with E-state index in [-0.39, 0.29) is 5.84 Å². The maximum atomic E-state index is 12.7. The monoisotopic (exact) mass is 464 g/mol. The Bertz CT molecular complexity index is 1030. The lowest BCUT2D eigenvalue weighted by Gasteiger charge is -2.23. The van der Waals surface area contributed by atoms with E-state index in [1.807, 2.05) is 19.1 Å². The average Bonchev–Trinajstić information content (AvgIpc) is 2.74. The molecule has 2 aromatic rings. The van der Waals surface area contributed by atoms with E-state index in [9.17, 15) is 23.1 Å². The molecule has 0 radical (unpaired) electrons. The van der Waals surface area contributed by atoms with Crippen molar-refractivity contribution in [3.05, 3.63) is 64.7 Å². The predicted molar refractivity (Wildman–Crippen MR) is 120 cm³/mol. The van der Waals surface area contributed by atoms with Gasteiger partial charge in [-0.25, -0.2) is 4.79 Å². The number of nitrogens with zero attached hydrogens (tertiary/aromatic N) is 1. The van der Waals surface area contributed by atoms with Crippen LogP contribution in [0.15, 0.2) is 47.5 Å². The molecular formula is C24H29F3N3O3+. The maximum Gasteiger partial charge on any atom is 0.416 e.